The molecule has 146 valence electrons. The second-order valence-corrected chi connectivity index (χ2v) is 7.93. The molecule has 1 fully saturated rings. The maximum Gasteiger partial charge on any atom is 0.301 e. The molecule has 1 amide bonds. The van der Waals surface area contributed by atoms with E-state index in [9.17, 15) is 19.1 Å². The van der Waals surface area contributed by atoms with E-state index in [2.05, 4.69) is 10.2 Å². The van der Waals surface area contributed by atoms with Crippen LogP contribution in [0.15, 0.2) is 54.1 Å². The monoisotopic (exact) mass is 429 g/mol. The van der Waals surface area contributed by atoms with E-state index < -0.39 is 29.3 Å². The third kappa shape index (κ3) is 3.41. The number of anilines is 1. The van der Waals surface area contributed by atoms with Gasteiger partial charge in [-0.3, -0.25) is 14.5 Å². The van der Waals surface area contributed by atoms with Crippen molar-refractivity contribution in [3.05, 3.63) is 81.1 Å². The smallest absolute Gasteiger partial charge is 0.301 e. The minimum atomic E-state index is -0.926. The Morgan fingerprint density at radius 2 is 1.76 bits per heavy atom. The van der Waals surface area contributed by atoms with Gasteiger partial charge >= 0.3 is 5.91 Å². The summed E-state index contributed by atoms with van der Waals surface area (Å²) in [6.07, 6.45) is 0. The molecule has 2 heterocycles. The Morgan fingerprint density at radius 3 is 2.34 bits per heavy atom. The van der Waals surface area contributed by atoms with Gasteiger partial charge in [-0.1, -0.05) is 35.1 Å². The first kappa shape index (κ1) is 19.2. The number of rotatable bonds is 3. The standard InChI is InChI=1S/C20H13ClFN3O3S/c1-10-23-24-20(29-10)25-16(11-2-6-13(21)7-3-11)15(18(27)19(25)28)17(26)12-4-8-14(22)9-5-12/h2-9,16,26H,1H3/t16-/m0/s1. The van der Waals surface area contributed by atoms with Crippen LogP contribution in [0.1, 0.15) is 22.2 Å². The van der Waals surface area contributed by atoms with Crippen molar-refractivity contribution in [1.82, 2.24) is 10.2 Å². The second kappa shape index (κ2) is 7.38. The SMILES string of the molecule is Cc1nnc(N2C(=O)C(=O)C(=C(O)c3ccc(F)cc3)[C@@H]2c2ccc(Cl)cc2)s1. The molecule has 1 N–H and O–H groups in total. The van der Waals surface area contributed by atoms with Gasteiger partial charge in [0.15, 0.2) is 0 Å². The van der Waals surface area contributed by atoms with E-state index >= 15 is 0 Å². The molecule has 0 unspecified atom stereocenters. The molecular formula is C20H13ClFN3O3S. The fourth-order valence-corrected chi connectivity index (χ4v) is 3.98. The zero-order chi connectivity index (χ0) is 20.7. The molecule has 2 aromatic carbocycles. The van der Waals surface area contributed by atoms with Gasteiger partial charge < -0.3 is 5.11 Å². The predicted molar refractivity (Wildman–Crippen MR) is 107 cm³/mol. The predicted octanol–water partition coefficient (Wildman–Crippen LogP) is 4.27. The molecule has 0 saturated carbocycles. The van der Waals surface area contributed by atoms with E-state index in [1.54, 1.807) is 31.2 Å². The molecule has 0 radical (unpaired) electrons. The molecule has 0 bridgehead atoms. The fraction of sp³-hybridized carbons (Fsp3) is 0.100. The Hall–Kier alpha value is -3.10. The summed E-state index contributed by atoms with van der Waals surface area (Å²) in [5.41, 5.74) is 0.665. The average molecular weight is 430 g/mol. The molecule has 0 aliphatic carbocycles. The lowest BCUT2D eigenvalue weighted by atomic mass is 9.95. The zero-order valence-electron chi connectivity index (χ0n) is 15.0. The Morgan fingerprint density at radius 1 is 1.10 bits per heavy atom. The van der Waals surface area contributed by atoms with Crippen LogP contribution in [0.25, 0.3) is 5.76 Å². The topological polar surface area (TPSA) is 83.4 Å². The number of carbonyl (C=O) groups is 2. The van der Waals surface area contributed by atoms with Gasteiger partial charge in [0.1, 0.15) is 16.6 Å². The summed E-state index contributed by atoms with van der Waals surface area (Å²) in [5.74, 6) is -2.57. The van der Waals surface area contributed by atoms with Crippen molar-refractivity contribution in [2.45, 2.75) is 13.0 Å². The molecule has 4 rings (SSSR count). The van der Waals surface area contributed by atoms with Crippen molar-refractivity contribution in [3.63, 3.8) is 0 Å². The van der Waals surface area contributed by atoms with Crippen LogP contribution in [0.3, 0.4) is 0 Å². The molecule has 1 aromatic heterocycles. The fourth-order valence-electron chi connectivity index (χ4n) is 3.14. The van der Waals surface area contributed by atoms with Crippen molar-refractivity contribution in [2.75, 3.05) is 4.90 Å². The molecular weight excluding hydrogens is 417 g/mol. The van der Waals surface area contributed by atoms with E-state index in [1.165, 1.54) is 17.0 Å². The van der Waals surface area contributed by atoms with Crippen LogP contribution >= 0.6 is 22.9 Å². The minimum Gasteiger partial charge on any atom is -0.507 e. The first-order chi connectivity index (χ1) is 13.9. The number of Topliss-reactive ketones (excluding diaryl/α,β-unsaturated/α-hetero) is 1. The molecule has 1 saturated heterocycles. The van der Waals surface area contributed by atoms with Crippen molar-refractivity contribution in [1.29, 1.82) is 0 Å². The van der Waals surface area contributed by atoms with Gasteiger partial charge in [-0.25, -0.2) is 4.39 Å². The lowest BCUT2D eigenvalue weighted by molar-refractivity contribution is -0.132. The van der Waals surface area contributed by atoms with Crippen LogP contribution in [0, 0.1) is 12.7 Å². The summed E-state index contributed by atoms with van der Waals surface area (Å²) in [4.78, 5) is 26.9. The van der Waals surface area contributed by atoms with Crippen molar-refractivity contribution >= 4 is 45.5 Å². The number of benzene rings is 2. The molecule has 1 atom stereocenters. The largest absolute Gasteiger partial charge is 0.507 e. The Kier molecular flexibility index (Phi) is 4.89. The van der Waals surface area contributed by atoms with Crippen LogP contribution in [-0.2, 0) is 9.59 Å². The van der Waals surface area contributed by atoms with Gasteiger partial charge in [0, 0.05) is 10.6 Å². The molecule has 1 aliphatic heterocycles. The van der Waals surface area contributed by atoms with E-state index in [0.29, 0.717) is 15.6 Å². The normalized spacial score (nSPS) is 18.4. The summed E-state index contributed by atoms with van der Waals surface area (Å²) in [6.45, 7) is 1.73. The van der Waals surface area contributed by atoms with E-state index in [0.717, 1.165) is 23.5 Å². The van der Waals surface area contributed by atoms with Gasteiger partial charge in [-0.05, 0) is 48.9 Å². The molecule has 9 heteroatoms. The second-order valence-electron chi connectivity index (χ2n) is 6.33. The first-order valence-electron chi connectivity index (χ1n) is 8.49. The van der Waals surface area contributed by atoms with Gasteiger partial charge in [-0.15, -0.1) is 10.2 Å². The van der Waals surface area contributed by atoms with Crippen LogP contribution in [0.5, 0.6) is 0 Å². The summed E-state index contributed by atoms with van der Waals surface area (Å²) in [5, 5.41) is 20.1. The number of hydrogen-bond donors (Lipinski definition) is 1. The van der Waals surface area contributed by atoms with Crippen LogP contribution < -0.4 is 4.90 Å². The van der Waals surface area contributed by atoms with Gasteiger partial charge in [0.05, 0.1) is 11.6 Å². The van der Waals surface area contributed by atoms with Crippen molar-refractivity contribution < 1.29 is 19.1 Å². The number of halogens is 2. The highest BCUT2D eigenvalue weighted by molar-refractivity contribution is 7.15. The van der Waals surface area contributed by atoms with E-state index in [4.69, 9.17) is 11.6 Å². The zero-order valence-corrected chi connectivity index (χ0v) is 16.5. The number of aliphatic hydroxyl groups is 1. The van der Waals surface area contributed by atoms with Crippen molar-refractivity contribution in [2.24, 2.45) is 0 Å². The number of amides is 1. The summed E-state index contributed by atoms with van der Waals surface area (Å²) in [6, 6.07) is 10.7. The maximum absolute atomic E-state index is 13.3. The molecule has 3 aromatic rings. The summed E-state index contributed by atoms with van der Waals surface area (Å²) < 4.78 is 13.3. The Balaban J connectivity index is 1.93. The van der Waals surface area contributed by atoms with E-state index in [1.807, 2.05) is 0 Å². The minimum absolute atomic E-state index is 0.114. The highest BCUT2D eigenvalue weighted by atomic mass is 35.5. The van der Waals surface area contributed by atoms with Gasteiger partial charge in [-0.2, -0.15) is 0 Å². The van der Waals surface area contributed by atoms with Crippen LogP contribution in [0.4, 0.5) is 9.52 Å². The number of ketones is 1. The highest BCUT2D eigenvalue weighted by Crippen LogP contribution is 2.43. The maximum atomic E-state index is 13.3. The molecule has 29 heavy (non-hydrogen) atoms. The highest BCUT2D eigenvalue weighted by Gasteiger charge is 2.48. The third-order valence-corrected chi connectivity index (χ3v) is 5.56. The van der Waals surface area contributed by atoms with Gasteiger partial charge in [0.25, 0.3) is 5.78 Å². The number of carbonyl (C=O) groups excluding carboxylic acids is 2. The lowest BCUT2D eigenvalue weighted by Crippen LogP contribution is -2.29. The molecule has 0 spiro atoms. The summed E-state index contributed by atoms with van der Waals surface area (Å²) in [7, 11) is 0. The van der Waals surface area contributed by atoms with Crippen LogP contribution in [0.2, 0.25) is 5.02 Å². The number of nitrogens with zero attached hydrogens (tertiary/aromatic N) is 3. The lowest BCUT2D eigenvalue weighted by Gasteiger charge is -2.22. The first-order valence-corrected chi connectivity index (χ1v) is 9.69. The molecule has 6 nitrogen and oxygen atoms in total. The number of aliphatic hydroxyl groups excluding tert-OH is 1. The Labute approximate surface area is 173 Å². The molecule has 1 aliphatic rings. The number of aromatic nitrogens is 2. The average Bonchev–Trinajstić information content (AvgIpc) is 3.24. The number of aryl methyl sites for hydroxylation is 1. The quantitative estimate of drug-likeness (QED) is 0.382. The number of hydrogen-bond acceptors (Lipinski definition) is 6. The van der Waals surface area contributed by atoms with E-state index in [-0.39, 0.29) is 16.3 Å². The summed E-state index contributed by atoms with van der Waals surface area (Å²) >= 11 is 7.13. The van der Waals surface area contributed by atoms with Gasteiger partial charge in [0.2, 0.25) is 5.13 Å². The Bertz CT molecular complexity index is 1140. The third-order valence-electron chi connectivity index (χ3n) is 4.47. The van der Waals surface area contributed by atoms with Crippen LogP contribution in [-0.4, -0.2) is 27.0 Å². The van der Waals surface area contributed by atoms with Crippen molar-refractivity contribution in [3.8, 4) is 0 Å².